The summed E-state index contributed by atoms with van der Waals surface area (Å²) in [4.78, 5) is 30.1. The highest BCUT2D eigenvalue weighted by molar-refractivity contribution is 6.45. The van der Waals surface area contributed by atoms with E-state index in [1.165, 1.54) is 4.90 Å². The number of hydrogen-bond acceptors (Lipinski definition) is 5. The lowest BCUT2D eigenvalue weighted by Crippen LogP contribution is -2.34. The van der Waals surface area contributed by atoms with Gasteiger partial charge in [0.25, 0.3) is 11.8 Å². The summed E-state index contributed by atoms with van der Waals surface area (Å²) in [6, 6.07) is 12.2. The van der Waals surface area contributed by atoms with Crippen molar-refractivity contribution >= 4 is 34.7 Å². The molecular formula is C22H19ClN2O4. The van der Waals surface area contributed by atoms with Crippen LogP contribution in [0.3, 0.4) is 0 Å². The van der Waals surface area contributed by atoms with Crippen LogP contribution in [0.1, 0.15) is 18.4 Å². The topological polar surface area (TPSA) is 59.1 Å². The Hall–Kier alpha value is -2.99. The van der Waals surface area contributed by atoms with Crippen molar-refractivity contribution in [3.8, 4) is 11.5 Å². The second-order valence-corrected chi connectivity index (χ2v) is 7.63. The van der Waals surface area contributed by atoms with Crippen molar-refractivity contribution in [1.82, 2.24) is 4.90 Å². The fraction of sp³-hybridized carbons (Fsp3) is 0.273. The van der Waals surface area contributed by atoms with E-state index >= 15 is 0 Å². The molecule has 6 nitrogen and oxygen atoms in total. The number of nitrogens with zero attached hydrogens (tertiary/aromatic N) is 2. The largest absolute Gasteiger partial charge is 0.486 e. The lowest BCUT2D eigenvalue weighted by Gasteiger charge is -2.22. The smallest absolute Gasteiger partial charge is 0.282 e. The predicted octanol–water partition coefficient (Wildman–Crippen LogP) is 3.49. The third kappa shape index (κ3) is 3.04. The summed E-state index contributed by atoms with van der Waals surface area (Å²) in [5.41, 5.74) is 2.05. The third-order valence-electron chi connectivity index (χ3n) is 5.40. The second kappa shape index (κ2) is 7.12. The Morgan fingerprint density at radius 3 is 2.24 bits per heavy atom. The van der Waals surface area contributed by atoms with E-state index in [1.807, 2.05) is 4.90 Å². The Bertz CT molecular complexity index is 1030. The van der Waals surface area contributed by atoms with E-state index in [4.69, 9.17) is 21.1 Å². The molecule has 2 aromatic rings. The van der Waals surface area contributed by atoms with Gasteiger partial charge in [-0.3, -0.25) is 9.59 Å². The molecule has 2 aromatic carbocycles. The van der Waals surface area contributed by atoms with Crippen LogP contribution < -0.4 is 14.4 Å². The zero-order valence-corrected chi connectivity index (χ0v) is 16.4. The monoisotopic (exact) mass is 410 g/mol. The van der Waals surface area contributed by atoms with E-state index in [9.17, 15) is 9.59 Å². The van der Waals surface area contributed by atoms with Gasteiger partial charge in [0.1, 0.15) is 18.9 Å². The van der Waals surface area contributed by atoms with Gasteiger partial charge in [0.05, 0.1) is 11.3 Å². The van der Waals surface area contributed by atoms with Crippen LogP contribution in [-0.4, -0.2) is 43.0 Å². The molecule has 2 amide bonds. The third-order valence-corrected chi connectivity index (χ3v) is 5.65. The molecule has 5 rings (SSSR count). The zero-order valence-electron chi connectivity index (χ0n) is 15.7. The summed E-state index contributed by atoms with van der Waals surface area (Å²) in [7, 11) is 0. The molecule has 1 saturated heterocycles. The second-order valence-electron chi connectivity index (χ2n) is 7.20. The number of imide groups is 1. The Morgan fingerprint density at radius 1 is 0.828 bits per heavy atom. The van der Waals surface area contributed by atoms with Crippen LogP contribution in [0.2, 0.25) is 5.02 Å². The lowest BCUT2D eigenvalue weighted by molar-refractivity contribution is -0.120. The standard InChI is InChI=1S/C22H19ClN2O4/c23-15-5-3-14(4-6-15)19-20(24-9-1-2-10-24)22(27)25(21(19)26)16-7-8-17-18(13-16)29-12-11-28-17/h3-8,13H,1-2,9-12H2. The Kier molecular flexibility index (Phi) is 4.43. The maximum atomic E-state index is 13.5. The number of rotatable bonds is 3. The highest BCUT2D eigenvalue weighted by Gasteiger charge is 2.43. The molecular weight excluding hydrogens is 392 g/mol. The zero-order chi connectivity index (χ0) is 20.0. The Morgan fingerprint density at radius 2 is 1.52 bits per heavy atom. The van der Waals surface area contributed by atoms with Crippen molar-refractivity contribution in [2.24, 2.45) is 0 Å². The summed E-state index contributed by atoms with van der Waals surface area (Å²) in [6.45, 7) is 2.45. The van der Waals surface area contributed by atoms with Crippen LogP contribution in [0.15, 0.2) is 48.2 Å². The molecule has 7 heteroatoms. The molecule has 3 aliphatic heterocycles. The molecule has 29 heavy (non-hydrogen) atoms. The molecule has 0 spiro atoms. The minimum atomic E-state index is -0.337. The number of halogens is 1. The van der Waals surface area contributed by atoms with Crippen molar-refractivity contribution in [1.29, 1.82) is 0 Å². The van der Waals surface area contributed by atoms with Crippen LogP contribution >= 0.6 is 11.6 Å². The van der Waals surface area contributed by atoms with Crippen LogP contribution in [0.4, 0.5) is 5.69 Å². The number of likely N-dealkylation sites (tertiary alicyclic amines) is 1. The highest BCUT2D eigenvalue weighted by atomic mass is 35.5. The summed E-state index contributed by atoms with van der Waals surface area (Å²) >= 11 is 6.02. The van der Waals surface area contributed by atoms with Crippen molar-refractivity contribution in [3.63, 3.8) is 0 Å². The summed E-state index contributed by atoms with van der Waals surface area (Å²) in [6.07, 6.45) is 2.01. The van der Waals surface area contributed by atoms with Crippen molar-refractivity contribution in [3.05, 3.63) is 58.7 Å². The average molecular weight is 411 g/mol. The first-order chi connectivity index (χ1) is 14.1. The van der Waals surface area contributed by atoms with E-state index < -0.39 is 0 Å². The maximum absolute atomic E-state index is 13.5. The number of carbonyl (C=O) groups is 2. The van der Waals surface area contributed by atoms with Crippen LogP contribution in [-0.2, 0) is 9.59 Å². The summed E-state index contributed by atoms with van der Waals surface area (Å²) in [5, 5.41) is 0.581. The number of hydrogen-bond donors (Lipinski definition) is 0. The fourth-order valence-corrected chi connectivity index (χ4v) is 4.16. The minimum absolute atomic E-state index is 0.307. The van der Waals surface area contributed by atoms with Gasteiger partial charge in [-0.2, -0.15) is 0 Å². The predicted molar refractivity (Wildman–Crippen MR) is 109 cm³/mol. The number of anilines is 1. The first-order valence-corrected chi connectivity index (χ1v) is 10.0. The molecule has 148 valence electrons. The number of ether oxygens (including phenoxy) is 2. The highest BCUT2D eigenvalue weighted by Crippen LogP contribution is 2.40. The van der Waals surface area contributed by atoms with E-state index in [1.54, 1.807) is 42.5 Å². The molecule has 0 unspecified atom stereocenters. The van der Waals surface area contributed by atoms with Crippen LogP contribution in [0.5, 0.6) is 11.5 Å². The summed E-state index contributed by atoms with van der Waals surface area (Å²) < 4.78 is 11.2. The molecule has 0 bridgehead atoms. The average Bonchev–Trinajstić information content (AvgIpc) is 3.34. The normalized spacial score (nSPS) is 18.8. The number of benzene rings is 2. The van der Waals surface area contributed by atoms with Crippen molar-refractivity contribution in [2.75, 3.05) is 31.2 Å². The molecule has 0 N–H and O–H groups in total. The van der Waals surface area contributed by atoms with Crippen LogP contribution in [0, 0.1) is 0 Å². The van der Waals surface area contributed by atoms with E-state index in [2.05, 4.69) is 0 Å². The Labute approximate surface area is 173 Å². The van der Waals surface area contributed by atoms with Gasteiger partial charge in [-0.25, -0.2) is 4.90 Å². The number of carbonyl (C=O) groups excluding carboxylic acids is 2. The van der Waals surface area contributed by atoms with E-state index in [0.29, 0.717) is 52.3 Å². The first kappa shape index (κ1) is 18.1. The first-order valence-electron chi connectivity index (χ1n) is 9.67. The van der Waals surface area contributed by atoms with Gasteiger partial charge >= 0.3 is 0 Å². The molecule has 0 saturated carbocycles. The lowest BCUT2D eigenvalue weighted by atomic mass is 10.0. The van der Waals surface area contributed by atoms with Gasteiger partial charge in [0.2, 0.25) is 0 Å². The number of amides is 2. The van der Waals surface area contributed by atoms with E-state index in [0.717, 1.165) is 25.9 Å². The van der Waals surface area contributed by atoms with Crippen LogP contribution in [0.25, 0.3) is 5.57 Å². The molecule has 3 heterocycles. The van der Waals surface area contributed by atoms with Gasteiger partial charge in [-0.1, -0.05) is 23.7 Å². The maximum Gasteiger partial charge on any atom is 0.282 e. The van der Waals surface area contributed by atoms with Gasteiger partial charge < -0.3 is 14.4 Å². The van der Waals surface area contributed by atoms with Gasteiger partial charge in [-0.15, -0.1) is 0 Å². The molecule has 0 atom stereocenters. The van der Waals surface area contributed by atoms with E-state index in [-0.39, 0.29) is 11.8 Å². The SMILES string of the molecule is O=C1C(c2ccc(Cl)cc2)=C(N2CCCC2)C(=O)N1c1ccc2c(c1)OCCO2. The number of fused-ring (bicyclic) bond motifs is 1. The molecule has 3 aliphatic rings. The molecule has 0 aromatic heterocycles. The molecule has 0 aliphatic carbocycles. The minimum Gasteiger partial charge on any atom is -0.486 e. The van der Waals surface area contributed by atoms with Crippen molar-refractivity contribution in [2.45, 2.75) is 12.8 Å². The van der Waals surface area contributed by atoms with Gasteiger partial charge in [0.15, 0.2) is 11.5 Å². The van der Waals surface area contributed by atoms with Crippen molar-refractivity contribution < 1.29 is 19.1 Å². The molecule has 1 fully saturated rings. The fourth-order valence-electron chi connectivity index (χ4n) is 4.03. The molecule has 0 radical (unpaired) electrons. The van der Waals surface area contributed by atoms with Gasteiger partial charge in [0, 0.05) is 24.2 Å². The quantitative estimate of drug-likeness (QED) is 0.725. The summed E-state index contributed by atoms with van der Waals surface area (Å²) in [5.74, 6) is 0.510. The van der Waals surface area contributed by atoms with Gasteiger partial charge in [-0.05, 0) is 42.7 Å². The Balaban J connectivity index is 1.59.